The maximum atomic E-state index is 13.4. The Balaban J connectivity index is 1.73. The number of carbonyl (C=O) groups is 1. The Hall–Kier alpha value is -2.66. The Labute approximate surface area is 188 Å². The van der Waals surface area contributed by atoms with E-state index in [1.54, 1.807) is 27.3 Å². The highest BCUT2D eigenvalue weighted by atomic mass is 32.2. The second-order valence-electron chi connectivity index (χ2n) is 8.07. The second kappa shape index (κ2) is 10.3. The molecule has 32 heavy (non-hydrogen) atoms. The van der Waals surface area contributed by atoms with E-state index < -0.39 is 10.0 Å². The molecule has 2 heterocycles. The number of amides is 1. The van der Waals surface area contributed by atoms with Crippen LogP contribution in [0.25, 0.3) is 0 Å². The number of nitrogens with zero attached hydrogens (tertiary/aromatic N) is 4. The predicted octanol–water partition coefficient (Wildman–Crippen LogP) is 2.07. The van der Waals surface area contributed by atoms with Gasteiger partial charge in [0.15, 0.2) is 17.2 Å². The van der Waals surface area contributed by atoms with Crippen molar-refractivity contribution in [2.45, 2.75) is 63.1 Å². The van der Waals surface area contributed by atoms with Gasteiger partial charge in [-0.15, -0.1) is 5.10 Å². The average Bonchev–Trinajstić information content (AvgIpc) is 3.26. The second-order valence-corrected chi connectivity index (χ2v) is 9.96. The number of ether oxygens (including phenoxy) is 2. The van der Waals surface area contributed by atoms with Gasteiger partial charge in [-0.05, 0) is 45.2 Å². The lowest BCUT2D eigenvalue weighted by atomic mass is 10.0. The van der Waals surface area contributed by atoms with Crippen molar-refractivity contribution in [3.63, 3.8) is 0 Å². The molecule has 1 aliphatic heterocycles. The zero-order chi connectivity index (χ0) is 23.3. The van der Waals surface area contributed by atoms with Crippen molar-refractivity contribution < 1.29 is 22.7 Å². The molecule has 0 aliphatic carbocycles. The molecule has 10 nitrogen and oxygen atoms in total. The maximum Gasteiger partial charge on any atom is 0.273 e. The van der Waals surface area contributed by atoms with E-state index in [1.165, 1.54) is 20.3 Å². The molecular weight excluding hydrogens is 434 g/mol. The summed E-state index contributed by atoms with van der Waals surface area (Å²) in [7, 11) is -0.720. The third kappa shape index (κ3) is 5.39. The third-order valence-electron chi connectivity index (χ3n) is 5.42. The number of piperidine rings is 1. The quantitative estimate of drug-likeness (QED) is 0.603. The molecule has 1 atom stereocenters. The highest BCUT2D eigenvalue weighted by molar-refractivity contribution is 7.89. The number of hydrogen-bond donors (Lipinski definition) is 1. The maximum absolute atomic E-state index is 13.4. The molecule has 1 fully saturated rings. The van der Waals surface area contributed by atoms with E-state index in [0.717, 1.165) is 19.3 Å². The summed E-state index contributed by atoms with van der Waals surface area (Å²) in [5, 5.41) is 10.7. The average molecular weight is 466 g/mol. The molecule has 1 aromatic heterocycles. The van der Waals surface area contributed by atoms with Crippen molar-refractivity contribution in [3.8, 4) is 11.5 Å². The van der Waals surface area contributed by atoms with Gasteiger partial charge in [-0.1, -0.05) is 11.6 Å². The summed E-state index contributed by atoms with van der Waals surface area (Å²) >= 11 is 0. The van der Waals surface area contributed by atoms with E-state index in [0.29, 0.717) is 31.0 Å². The lowest BCUT2D eigenvalue weighted by molar-refractivity contribution is 0.0938. The smallest absolute Gasteiger partial charge is 0.273 e. The van der Waals surface area contributed by atoms with Crippen LogP contribution >= 0.6 is 0 Å². The molecule has 0 bridgehead atoms. The van der Waals surface area contributed by atoms with Crippen LogP contribution in [0.4, 0.5) is 0 Å². The molecule has 3 rings (SSSR count). The molecule has 1 amide bonds. The molecule has 2 aromatic rings. The Morgan fingerprint density at radius 2 is 1.97 bits per heavy atom. The van der Waals surface area contributed by atoms with E-state index in [2.05, 4.69) is 15.6 Å². The summed E-state index contributed by atoms with van der Waals surface area (Å²) in [6, 6.07) is 4.48. The van der Waals surface area contributed by atoms with E-state index in [9.17, 15) is 13.2 Å². The van der Waals surface area contributed by atoms with E-state index in [4.69, 9.17) is 9.47 Å². The fraction of sp³-hybridized carbons (Fsp3) is 0.571. The first kappa shape index (κ1) is 24.0. The fourth-order valence-corrected chi connectivity index (χ4v) is 5.56. The van der Waals surface area contributed by atoms with Crippen molar-refractivity contribution in [2.75, 3.05) is 20.8 Å². The van der Waals surface area contributed by atoms with Crippen LogP contribution in [-0.4, -0.2) is 66.5 Å². The first-order valence-corrected chi connectivity index (χ1v) is 12.1. The lowest BCUT2D eigenvalue weighted by Gasteiger charge is -2.34. The summed E-state index contributed by atoms with van der Waals surface area (Å²) in [4.78, 5) is 12.3. The SMILES string of the molecule is COc1ccc(S(=O)(=O)N2CCCCC2CCn2cc(C(=O)NC(C)C)nn2)cc1OC. The van der Waals surface area contributed by atoms with Crippen molar-refractivity contribution in [1.82, 2.24) is 24.6 Å². The molecule has 0 spiro atoms. The normalized spacial score (nSPS) is 17.3. The van der Waals surface area contributed by atoms with Gasteiger partial charge in [-0.2, -0.15) is 4.31 Å². The fourth-order valence-electron chi connectivity index (χ4n) is 3.82. The van der Waals surface area contributed by atoms with Crippen molar-refractivity contribution in [2.24, 2.45) is 0 Å². The number of benzene rings is 1. The number of nitrogens with one attached hydrogen (secondary N) is 1. The third-order valence-corrected chi connectivity index (χ3v) is 7.37. The van der Waals surface area contributed by atoms with Crippen molar-refractivity contribution >= 4 is 15.9 Å². The number of methoxy groups -OCH3 is 2. The molecule has 1 unspecified atom stereocenters. The molecular formula is C21H31N5O5S. The Bertz CT molecular complexity index is 1040. The topological polar surface area (TPSA) is 116 Å². The van der Waals surface area contributed by atoms with Crippen LogP contribution in [0, 0.1) is 0 Å². The van der Waals surface area contributed by atoms with Gasteiger partial charge in [0.2, 0.25) is 10.0 Å². The van der Waals surface area contributed by atoms with Gasteiger partial charge in [0.25, 0.3) is 5.91 Å². The Morgan fingerprint density at radius 1 is 1.22 bits per heavy atom. The van der Waals surface area contributed by atoms with Gasteiger partial charge in [0.1, 0.15) is 0 Å². The van der Waals surface area contributed by atoms with Gasteiger partial charge in [0, 0.05) is 31.2 Å². The van der Waals surface area contributed by atoms with E-state index in [1.807, 2.05) is 13.8 Å². The number of hydrogen-bond acceptors (Lipinski definition) is 7. The summed E-state index contributed by atoms with van der Waals surface area (Å²) in [6.07, 6.45) is 4.70. The number of sulfonamides is 1. The monoisotopic (exact) mass is 465 g/mol. The zero-order valence-electron chi connectivity index (χ0n) is 18.9. The minimum absolute atomic E-state index is 0.00484. The molecule has 1 saturated heterocycles. The molecule has 0 saturated carbocycles. The molecule has 0 radical (unpaired) electrons. The minimum Gasteiger partial charge on any atom is -0.493 e. The summed E-state index contributed by atoms with van der Waals surface area (Å²) in [5.41, 5.74) is 0.247. The van der Waals surface area contributed by atoms with E-state index >= 15 is 0 Å². The van der Waals surface area contributed by atoms with Gasteiger partial charge >= 0.3 is 0 Å². The summed E-state index contributed by atoms with van der Waals surface area (Å²) in [5.74, 6) is 0.573. The summed E-state index contributed by atoms with van der Waals surface area (Å²) in [6.45, 7) is 4.67. The summed E-state index contributed by atoms with van der Waals surface area (Å²) < 4.78 is 40.5. The largest absolute Gasteiger partial charge is 0.493 e. The van der Waals surface area contributed by atoms with Crippen molar-refractivity contribution in [3.05, 3.63) is 30.1 Å². The first-order valence-electron chi connectivity index (χ1n) is 10.7. The molecule has 176 valence electrons. The van der Waals surface area contributed by atoms with Crippen LogP contribution in [0.5, 0.6) is 11.5 Å². The van der Waals surface area contributed by atoms with Crippen LogP contribution < -0.4 is 14.8 Å². The molecule has 1 aliphatic rings. The first-order chi connectivity index (χ1) is 15.3. The van der Waals surface area contributed by atoms with Crippen molar-refractivity contribution in [1.29, 1.82) is 0 Å². The molecule has 1 aromatic carbocycles. The van der Waals surface area contributed by atoms with Crippen LogP contribution in [0.3, 0.4) is 0 Å². The standard InChI is InChI=1S/C21H31N5O5S/c1-15(2)22-21(27)18-14-25(24-23-18)12-10-16-7-5-6-11-26(16)32(28,29)17-8-9-19(30-3)20(13-17)31-4/h8-9,13-16H,5-7,10-12H2,1-4H3,(H,22,27). The van der Waals surface area contributed by atoms with E-state index in [-0.39, 0.29) is 28.6 Å². The van der Waals surface area contributed by atoms with Gasteiger partial charge in [-0.3, -0.25) is 9.48 Å². The molecule has 11 heteroatoms. The number of carbonyl (C=O) groups excluding carboxylic acids is 1. The number of aromatic nitrogens is 3. The minimum atomic E-state index is -3.71. The Kier molecular flexibility index (Phi) is 7.73. The van der Waals surface area contributed by atoms with Gasteiger partial charge < -0.3 is 14.8 Å². The molecule has 1 N–H and O–H groups in total. The van der Waals surface area contributed by atoms with Crippen LogP contribution in [0.2, 0.25) is 0 Å². The number of rotatable bonds is 9. The van der Waals surface area contributed by atoms with Crippen LogP contribution in [0.1, 0.15) is 50.0 Å². The van der Waals surface area contributed by atoms with Gasteiger partial charge in [0.05, 0.1) is 25.3 Å². The Morgan fingerprint density at radius 3 is 2.66 bits per heavy atom. The van der Waals surface area contributed by atoms with Crippen LogP contribution in [0.15, 0.2) is 29.3 Å². The van der Waals surface area contributed by atoms with Gasteiger partial charge in [-0.25, -0.2) is 8.42 Å². The predicted molar refractivity (Wildman–Crippen MR) is 118 cm³/mol. The zero-order valence-corrected chi connectivity index (χ0v) is 19.8. The lowest BCUT2D eigenvalue weighted by Crippen LogP contribution is -2.44. The highest BCUT2D eigenvalue weighted by Crippen LogP contribution is 2.33. The number of aryl methyl sites for hydroxylation is 1. The van der Waals surface area contributed by atoms with Crippen LogP contribution in [-0.2, 0) is 16.6 Å². The highest BCUT2D eigenvalue weighted by Gasteiger charge is 2.34.